The van der Waals surface area contributed by atoms with Crippen molar-refractivity contribution in [3.8, 4) is 0 Å². The molecular formula is C18H34O2. The Morgan fingerprint density at radius 2 is 1.45 bits per heavy atom. The lowest BCUT2D eigenvalue weighted by Crippen LogP contribution is -1.84. The summed E-state index contributed by atoms with van der Waals surface area (Å²) in [5, 5.41) is 7.60. The van der Waals surface area contributed by atoms with Crippen LogP contribution in [-0.2, 0) is 4.79 Å². The predicted octanol–water partition coefficient (Wildman–Crippen LogP) is 6.13. The van der Waals surface area contributed by atoms with E-state index in [0.717, 1.165) is 6.08 Å². The van der Waals surface area contributed by atoms with Crippen LogP contribution in [0.25, 0.3) is 0 Å². The Bertz CT molecular complexity index is 254. The van der Waals surface area contributed by atoms with E-state index in [1.54, 1.807) is 5.57 Å². The second-order valence-corrected chi connectivity index (χ2v) is 5.07. The van der Waals surface area contributed by atoms with Crippen LogP contribution in [0, 0.1) is 0 Å². The van der Waals surface area contributed by atoms with Crippen molar-refractivity contribution in [3.63, 3.8) is 0 Å². The minimum Gasteiger partial charge on any atom is -0.478 e. The van der Waals surface area contributed by atoms with Crippen molar-refractivity contribution in [1.29, 1.82) is 0 Å². The fourth-order valence-corrected chi connectivity index (χ4v) is 2.01. The zero-order valence-electron chi connectivity index (χ0n) is 13.8. The van der Waals surface area contributed by atoms with Gasteiger partial charge in [0.05, 0.1) is 0 Å². The third kappa shape index (κ3) is 19.3. The Morgan fingerprint density at radius 1 is 1.00 bits per heavy atom. The molecule has 0 saturated carbocycles. The van der Waals surface area contributed by atoms with Gasteiger partial charge >= 0.3 is 5.97 Å². The Morgan fingerprint density at radius 3 is 1.80 bits per heavy atom. The molecule has 0 aliphatic heterocycles. The summed E-state index contributed by atoms with van der Waals surface area (Å²) in [6.07, 6.45) is 17.1. The molecule has 0 radical (unpaired) electrons. The topological polar surface area (TPSA) is 37.3 Å². The maximum Gasteiger partial charge on any atom is 0.327 e. The van der Waals surface area contributed by atoms with Crippen molar-refractivity contribution < 1.29 is 9.90 Å². The Labute approximate surface area is 126 Å². The lowest BCUT2D eigenvalue weighted by atomic mass is 10.0. The van der Waals surface area contributed by atoms with Crippen molar-refractivity contribution >= 4 is 5.97 Å². The fourth-order valence-electron chi connectivity index (χ4n) is 2.01. The molecular weight excluding hydrogens is 248 g/mol. The van der Waals surface area contributed by atoms with Gasteiger partial charge in [0.1, 0.15) is 0 Å². The minimum atomic E-state index is -0.981. The summed E-state index contributed by atoms with van der Waals surface area (Å²) < 4.78 is 0. The smallest absolute Gasteiger partial charge is 0.327 e. The van der Waals surface area contributed by atoms with Gasteiger partial charge in [0.15, 0.2) is 0 Å². The summed E-state index contributed by atoms with van der Waals surface area (Å²) >= 11 is 0. The second kappa shape index (κ2) is 17.9. The molecule has 0 unspecified atom stereocenters. The van der Waals surface area contributed by atoms with Crippen LogP contribution < -0.4 is 0 Å². The number of carboxylic acids is 1. The van der Waals surface area contributed by atoms with Crippen molar-refractivity contribution in [3.05, 3.63) is 24.3 Å². The van der Waals surface area contributed by atoms with Crippen molar-refractivity contribution in [2.45, 2.75) is 85.0 Å². The van der Waals surface area contributed by atoms with E-state index >= 15 is 0 Å². The monoisotopic (exact) mass is 282 g/mol. The van der Waals surface area contributed by atoms with E-state index in [0.29, 0.717) is 0 Å². The molecule has 0 atom stereocenters. The third-order valence-electron chi connectivity index (χ3n) is 3.39. The molecule has 2 heteroatoms. The standard InChI is InChI=1S/C15H30.C3H4O2/c1-4-7-8-9-10-11-12-13-14-15(5-2)6-3;1-2-3(4)5/h5H,4,6-14H2,1-3H3;2H,1H2,(H,4,5). The van der Waals surface area contributed by atoms with Crippen LogP contribution in [-0.4, -0.2) is 11.1 Å². The number of hydrogen-bond donors (Lipinski definition) is 1. The molecule has 0 bridgehead atoms. The van der Waals surface area contributed by atoms with E-state index < -0.39 is 5.97 Å². The van der Waals surface area contributed by atoms with Crippen molar-refractivity contribution in [2.75, 3.05) is 0 Å². The molecule has 1 N–H and O–H groups in total. The first-order valence-corrected chi connectivity index (χ1v) is 8.11. The molecule has 0 spiro atoms. The maximum absolute atomic E-state index is 9.25. The average molecular weight is 282 g/mol. The van der Waals surface area contributed by atoms with E-state index in [1.165, 1.54) is 64.2 Å². The van der Waals surface area contributed by atoms with Gasteiger partial charge in [-0.2, -0.15) is 0 Å². The summed E-state index contributed by atoms with van der Waals surface area (Å²) in [7, 11) is 0. The molecule has 0 saturated heterocycles. The van der Waals surface area contributed by atoms with Crippen LogP contribution in [0.15, 0.2) is 24.3 Å². The molecule has 2 nitrogen and oxygen atoms in total. The Hall–Kier alpha value is -1.05. The van der Waals surface area contributed by atoms with Gasteiger partial charge in [-0.3, -0.25) is 0 Å². The number of allylic oxidation sites excluding steroid dienone is 2. The van der Waals surface area contributed by atoms with Gasteiger partial charge in [-0.1, -0.05) is 77.0 Å². The molecule has 118 valence electrons. The summed E-state index contributed by atoms with van der Waals surface area (Å²) in [6, 6.07) is 0. The first-order chi connectivity index (χ1) is 9.62. The first kappa shape index (κ1) is 21.3. The highest BCUT2D eigenvalue weighted by Crippen LogP contribution is 2.14. The average Bonchev–Trinajstić information content (AvgIpc) is 2.46. The van der Waals surface area contributed by atoms with E-state index in [4.69, 9.17) is 5.11 Å². The second-order valence-electron chi connectivity index (χ2n) is 5.07. The number of carbonyl (C=O) groups is 1. The van der Waals surface area contributed by atoms with Crippen LogP contribution in [0.3, 0.4) is 0 Å². The van der Waals surface area contributed by atoms with Crippen molar-refractivity contribution in [1.82, 2.24) is 0 Å². The highest BCUT2D eigenvalue weighted by atomic mass is 16.4. The summed E-state index contributed by atoms with van der Waals surface area (Å²) in [4.78, 5) is 9.25. The number of aliphatic carboxylic acids is 1. The van der Waals surface area contributed by atoms with Gasteiger partial charge in [-0.15, -0.1) is 0 Å². The zero-order chi connectivity index (χ0) is 15.6. The third-order valence-corrected chi connectivity index (χ3v) is 3.39. The maximum atomic E-state index is 9.25. The Kier molecular flexibility index (Phi) is 19.1. The zero-order valence-corrected chi connectivity index (χ0v) is 13.8. The van der Waals surface area contributed by atoms with Gasteiger partial charge in [-0.05, 0) is 26.2 Å². The Balaban J connectivity index is 0. The van der Waals surface area contributed by atoms with Crippen molar-refractivity contribution in [2.24, 2.45) is 0 Å². The number of carboxylic acid groups (broad SMARTS) is 1. The minimum absolute atomic E-state index is 0.833. The number of hydrogen-bond acceptors (Lipinski definition) is 1. The van der Waals surface area contributed by atoms with E-state index in [1.807, 2.05) is 0 Å². The molecule has 0 amide bonds. The summed E-state index contributed by atoms with van der Waals surface area (Å²) in [5.41, 5.74) is 1.64. The van der Waals surface area contributed by atoms with Crippen LogP contribution in [0.2, 0.25) is 0 Å². The lowest BCUT2D eigenvalue weighted by molar-refractivity contribution is -0.131. The number of rotatable bonds is 11. The SMILES string of the molecule is C=CC(=O)O.CC=C(CC)CCCCCCCCCC. The largest absolute Gasteiger partial charge is 0.478 e. The highest BCUT2D eigenvalue weighted by Gasteiger charge is 1.94. The molecule has 0 aromatic heterocycles. The fraction of sp³-hybridized carbons (Fsp3) is 0.722. The molecule has 0 fully saturated rings. The molecule has 0 aliphatic carbocycles. The van der Waals surface area contributed by atoms with E-state index in [-0.39, 0.29) is 0 Å². The molecule has 0 rings (SSSR count). The normalized spacial score (nSPS) is 10.7. The highest BCUT2D eigenvalue weighted by molar-refractivity contribution is 5.78. The molecule has 0 heterocycles. The molecule has 20 heavy (non-hydrogen) atoms. The summed E-state index contributed by atoms with van der Waals surface area (Å²) in [6.45, 7) is 9.68. The quantitative estimate of drug-likeness (QED) is 0.281. The van der Waals surface area contributed by atoms with Gasteiger partial charge in [0.25, 0.3) is 0 Å². The van der Waals surface area contributed by atoms with Gasteiger partial charge in [0, 0.05) is 6.08 Å². The van der Waals surface area contributed by atoms with E-state index in [9.17, 15) is 4.79 Å². The summed E-state index contributed by atoms with van der Waals surface area (Å²) in [5.74, 6) is -0.981. The number of unbranched alkanes of at least 4 members (excludes halogenated alkanes) is 7. The molecule has 0 aromatic carbocycles. The molecule has 0 aromatic rings. The lowest BCUT2D eigenvalue weighted by Gasteiger charge is -2.04. The van der Waals surface area contributed by atoms with Gasteiger partial charge in [-0.25, -0.2) is 4.79 Å². The predicted molar refractivity (Wildman–Crippen MR) is 89.1 cm³/mol. The van der Waals surface area contributed by atoms with Crippen LogP contribution >= 0.6 is 0 Å². The van der Waals surface area contributed by atoms with Crippen LogP contribution in [0.5, 0.6) is 0 Å². The van der Waals surface area contributed by atoms with E-state index in [2.05, 4.69) is 33.4 Å². The first-order valence-electron chi connectivity index (χ1n) is 8.11. The van der Waals surface area contributed by atoms with Gasteiger partial charge < -0.3 is 5.11 Å². The van der Waals surface area contributed by atoms with Crippen LogP contribution in [0.4, 0.5) is 0 Å². The van der Waals surface area contributed by atoms with Crippen LogP contribution in [0.1, 0.15) is 85.0 Å². The molecule has 0 aliphatic rings. The van der Waals surface area contributed by atoms with Gasteiger partial charge in [0.2, 0.25) is 0 Å².